The first-order valence-electron chi connectivity index (χ1n) is 10.1. The first-order chi connectivity index (χ1) is 14.1. The van der Waals surface area contributed by atoms with Gasteiger partial charge in [-0.25, -0.2) is 15.0 Å². The van der Waals surface area contributed by atoms with Crippen molar-refractivity contribution in [2.75, 3.05) is 31.1 Å². The highest BCUT2D eigenvalue weighted by Gasteiger charge is 2.28. The molecule has 0 unspecified atom stereocenters. The summed E-state index contributed by atoms with van der Waals surface area (Å²) in [7, 11) is 0. The third-order valence-electron chi connectivity index (χ3n) is 5.44. The molecule has 4 rings (SSSR count). The Bertz CT molecular complexity index is 1100. The highest BCUT2D eigenvalue weighted by Crippen LogP contribution is 2.34. The number of carbonyl (C=O) groups excluding carboxylic acids is 1. The average Bonchev–Trinajstić information content (AvgIpc) is 3.04. The molecule has 30 heavy (non-hydrogen) atoms. The minimum atomic E-state index is -0.127. The first kappa shape index (κ1) is 21.2. The molecule has 1 amide bonds. The Labute approximate surface area is 189 Å². The molecule has 1 fully saturated rings. The molecule has 0 spiro atoms. The summed E-state index contributed by atoms with van der Waals surface area (Å²) >= 11 is 4.92. The lowest BCUT2D eigenvalue weighted by atomic mass is 9.95. The predicted octanol–water partition coefficient (Wildman–Crippen LogP) is 4.73. The number of amides is 1. The topological polar surface area (TPSA) is 62.2 Å². The van der Waals surface area contributed by atoms with Gasteiger partial charge < -0.3 is 9.80 Å². The molecule has 0 atom stereocenters. The number of carbonyl (C=O) groups is 1. The molecule has 0 aliphatic carbocycles. The fourth-order valence-corrected chi connectivity index (χ4v) is 5.15. The summed E-state index contributed by atoms with van der Waals surface area (Å²) in [5.74, 6) is 1.86. The van der Waals surface area contributed by atoms with E-state index in [1.54, 1.807) is 0 Å². The van der Waals surface area contributed by atoms with E-state index in [9.17, 15) is 4.79 Å². The van der Waals surface area contributed by atoms with Crippen molar-refractivity contribution in [3.8, 4) is 0 Å². The van der Waals surface area contributed by atoms with Crippen molar-refractivity contribution < 1.29 is 4.79 Å². The van der Waals surface area contributed by atoms with E-state index < -0.39 is 0 Å². The van der Waals surface area contributed by atoms with Crippen LogP contribution in [-0.4, -0.2) is 51.9 Å². The highest BCUT2D eigenvalue weighted by molar-refractivity contribution is 9.10. The molecule has 3 aromatic heterocycles. The van der Waals surface area contributed by atoms with Gasteiger partial charge in [0.25, 0.3) is 5.91 Å². The van der Waals surface area contributed by atoms with Crippen LogP contribution in [0.25, 0.3) is 10.2 Å². The van der Waals surface area contributed by atoms with Crippen LogP contribution in [0, 0.1) is 13.8 Å². The van der Waals surface area contributed by atoms with E-state index >= 15 is 0 Å². The summed E-state index contributed by atoms with van der Waals surface area (Å²) in [6, 6.07) is 4.00. The van der Waals surface area contributed by atoms with Gasteiger partial charge in [0.1, 0.15) is 16.5 Å². The number of hydrogen-bond acceptors (Lipinski definition) is 6. The van der Waals surface area contributed by atoms with Crippen LogP contribution < -0.4 is 4.90 Å². The lowest BCUT2D eigenvalue weighted by molar-refractivity contribution is 0.0751. The zero-order valence-corrected chi connectivity index (χ0v) is 20.4. The fourth-order valence-electron chi connectivity index (χ4n) is 3.72. The number of halogens is 1. The highest BCUT2D eigenvalue weighted by atomic mass is 79.9. The summed E-state index contributed by atoms with van der Waals surface area (Å²) in [5.41, 5.74) is 1.82. The molecular weight excluding hydrogens is 462 g/mol. The molecule has 8 heteroatoms. The van der Waals surface area contributed by atoms with Crippen molar-refractivity contribution in [1.29, 1.82) is 0 Å². The Morgan fingerprint density at radius 3 is 2.40 bits per heavy atom. The lowest BCUT2D eigenvalue weighted by Gasteiger charge is -2.35. The van der Waals surface area contributed by atoms with Crippen LogP contribution in [0.5, 0.6) is 0 Å². The number of anilines is 1. The van der Waals surface area contributed by atoms with Crippen molar-refractivity contribution >= 4 is 49.2 Å². The molecule has 1 aliphatic heterocycles. The zero-order valence-electron chi connectivity index (χ0n) is 18.0. The van der Waals surface area contributed by atoms with Crippen molar-refractivity contribution in [1.82, 2.24) is 19.9 Å². The standard InChI is InChI=1S/C22H26BrN5OS/c1-13-17-14(2)25-21(22(3,4)5)26-19(17)30-18(13)20(29)28-10-8-27(9-11-28)16-7-6-15(23)12-24-16/h6-7,12H,8-11H2,1-5H3. The Hall–Kier alpha value is -2.06. The van der Waals surface area contributed by atoms with Crippen molar-refractivity contribution in [2.45, 2.75) is 40.0 Å². The van der Waals surface area contributed by atoms with Crippen molar-refractivity contribution in [2.24, 2.45) is 0 Å². The van der Waals surface area contributed by atoms with E-state index in [2.05, 4.69) is 46.6 Å². The second-order valence-corrected chi connectivity index (χ2v) is 10.6. The molecule has 0 radical (unpaired) electrons. The van der Waals surface area contributed by atoms with Gasteiger partial charge in [-0.3, -0.25) is 4.79 Å². The fraction of sp³-hybridized carbons (Fsp3) is 0.455. The Balaban J connectivity index is 1.56. The first-order valence-corrected chi connectivity index (χ1v) is 11.7. The minimum Gasteiger partial charge on any atom is -0.353 e. The maximum absolute atomic E-state index is 13.3. The number of nitrogens with zero attached hydrogens (tertiary/aromatic N) is 5. The van der Waals surface area contributed by atoms with E-state index in [1.807, 2.05) is 37.1 Å². The molecule has 158 valence electrons. The van der Waals surface area contributed by atoms with Gasteiger partial charge in [-0.05, 0) is 47.5 Å². The van der Waals surface area contributed by atoms with Gasteiger partial charge in [0, 0.05) is 47.6 Å². The molecule has 0 N–H and O–H groups in total. The van der Waals surface area contributed by atoms with E-state index in [0.29, 0.717) is 13.1 Å². The summed E-state index contributed by atoms with van der Waals surface area (Å²) < 4.78 is 0.966. The largest absolute Gasteiger partial charge is 0.353 e. The molecule has 0 bridgehead atoms. The molecule has 4 heterocycles. The average molecular weight is 488 g/mol. The van der Waals surface area contributed by atoms with Gasteiger partial charge in [0.2, 0.25) is 0 Å². The summed E-state index contributed by atoms with van der Waals surface area (Å²) in [6.07, 6.45) is 1.81. The molecule has 1 aliphatic rings. The predicted molar refractivity (Wildman–Crippen MR) is 126 cm³/mol. The molecule has 0 saturated carbocycles. The number of thiophene rings is 1. The third-order valence-corrected chi connectivity index (χ3v) is 7.08. The quantitative estimate of drug-likeness (QED) is 0.522. The van der Waals surface area contributed by atoms with Crippen LogP contribution >= 0.6 is 27.3 Å². The third kappa shape index (κ3) is 3.95. The summed E-state index contributed by atoms with van der Waals surface area (Å²) in [5, 5.41) is 1.02. The lowest BCUT2D eigenvalue weighted by Crippen LogP contribution is -2.49. The molecule has 3 aromatic rings. The molecule has 0 aromatic carbocycles. The van der Waals surface area contributed by atoms with Gasteiger partial charge in [0.05, 0.1) is 10.6 Å². The second-order valence-electron chi connectivity index (χ2n) is 8.73. The van der Waals surface area contributed by atoms with E-state index in [1.165, 1.54) is 11.3 Å². The van der Waals surface area contributed by atoms with E-state index in [-0.39, 0.29) is 11.3 Å². The minimum absolute atomic E-state index is 0.0932. The maximum atomic E-state index is 13.3. The number of pyridine rings is 1. The molecular formula is C22H26BrN5OS. The normalized spacial score (nSPS) is 15.1. The van der Waals surface area contributed by atoms with Gasteiger partial charge in [0.15, 0.2) is 0 Å². The van der Waals surface area contributed by atoms with Crippen LogP contribution in [-0.2, 0) is 5.41 Å². The molecule has 1 saturated heterocycles. The van der Waals surface area contributed by atoms with Gasteiger partial charge in [-0.15, -0.1) is 11.3 Å². The van der Waals surface area contributed by atoms with Gasteiger partial charge >= 0.3 is 0 Å². The van der Waals surface area contributed by atoms with Crippen LogP contribution in [0.3, 0.4) is 0 Å². The SMILES string of the molecule is Cc1nc(C(C)(C)C)nc2sc(C(=O)N3CCN(c4ccc(Br)cn4)CC3)c(C)c12. The summed E-state index contributed by atoms with van der Waals surface area (Å²) in [4.78, 5) is 33.2. The van der Waals surface area contributed by atoms with Crippen LogP contribution in [0.4, 0.5) is 5.82 Å². The smallest absolute Gasteiger partial charge is 0.264 e. The van der Waals surface area contributed by atoms with Crippen LogP contribution in [0.1, 0.15) is 47.5 Å². The number of aryl methyl sites for hydroxylation is 2. The number of aromatic nitrogens is 3. The number of fused-ring (bicyclic) bond motifs is 1. The molecule has 6 nitrogen and oxygen atoms in total. The number of hydrogen-bond donors (Lipinski definition) is 0. The second kappa shape index (κ2) is 7.89. The Morgan fingerprint density at radius 1 is 1.10 bits per heavy atom. The zero-order chi connectivity index (χ0) is 21.6. The van der Waals surface area contributed by atoms with Gasteiger partial charge in [-0.2, -0.15) is 0 Å². The maximum Gasteiger partial charge on any atom is 0.264 e. The van der Waals surface area contributed by atoms with Crippen LogP contribution in [0.2, 0.25) is 0 Å². The summed E-state index contributed by atoms with van der Waals surface area (Å²) in [6.45, 7) is 13.3. The van der Waals surface area contributed by atoms with Gasteiger partial charge in [-0.1, -0.05) is 20.8 Å². The Morgan fingerprint density at radius 2 is 1.80 bits per heavy atom. The Kier molecular flexibility index (Phi) is 5.57. The van der Waals surface area contributed by atoms with Crippen molar-refractivity contribution in [3.05, 3.63) is 44.8 Å². The number of piperazine rings is 1. The van der Waals surface area contributed by atoms with Crippen molar-refractivity contribution in [3.63, 3.8) is 0 Å². The van der Waals surface area contributed by atoms with E-state index in [0.717, 1.165) is 55.6 Å². The van der Waals surface area contributed by atoms with Crippen LogP contribution in [0.15, 0.2) is 22.8 Å². The monoisotopic (exact) mass is 487 g/mol. The number of rotatable bonds is 2. The van der Waals surface area contributed by atoms with E-state index in [4.69, 9.17) is 9.97 Å².